The van der Waals surface area contributed by atoms with Crippen molar-refractivity contribution in [3.05, 3.63) is 47.0 Å². The molecule has 1 rings (SSSR count). The molecule has 1 aromatic carbocycles. The monoisotopic (exact) mass is 524 g/mol. The van der Waals surface area contributed by atoms with Crippen LogP contribution in [0.5, 0.6) is 0 Å². The van der Waals surface area contributed by atoms with Gasteiger partial charge in [0.15, 0.2) is 0 Å². The quantitative estimate of drug-likeness (QED) is 0.0933. The van der Waals surface area contributed by atoms with E-state index in [1.54, 1.807) is 13.0 Å². The number of esters is 3. The third kappa shape index (κ3) is 11.5. The zero-order chi connectivity index (χ0) is 27.0. The van der Waals surface area contributed by atoms with Crippen LogP contribution in [0.15, 0.2) is 30.4 Å². The van der Waals surface area contributed by atoms with E-state index in [4.69, 9.17) is 27.5 Å². The maximum atomic E-state index is 12.4. The molecule has 0 radical (unpaired) electrons. The Hall–Kier alpha value is -2.53. The molecule has 0 aromatic heterocycles. The third-order valence-electron chi connectivity index (χ3n) is 5.14. The molecule has 0 N–H and O–H groups in total. The molecule has 0 unspecified atom stereocenters. The topological polar surface area (TPSA) is 107 Å². The molecule has 9 nitrogen and oxygen atoms in total. The summed E-state index contributed by atoms with van der Waals surface area (Å²) in [7, 11) is -2.76. The second-order valence-electron chi connectivity index (χ2n) is 8.00. The fraction of sp³-hybridized carbons (Fsp3) is 0.577. The van der Waals surface area contributed by atoms with Gasteiger partial charge in [-0.2, -0.15) is 0 Å². The Morgan fingerprint density at radius 2 is 1.28 bits per heavy atom. The summed E-state index contributed by atoms with van der Waals surface area (Å²) in [6, 6.07) is 6.00. The standard InChI is InChI=1S/C26H40O9Si/c1-7-33-36(34-8-2,35-9-3)17-11-14-30-24(27)18-22-12-10-13-23(21(22)6)19-25(28)31-15-16-32-26(29)20(4)5/h10,12-13H,4,7-9,11,14-19H2,1-3,5-6H3. The lowest BCUT2D eigenvalue weighted by molar-refractivity contribution is -0.149. The molecule has 1 aromatic rings. The van der Waals surface area contributed by atoms with Gasteiger partial charge in [-0.25, -0.2) is 4.79 Å². The average Bonchev–Trinajstić information content (AvgIpc) is 2.82. The van der Waals surface area contributed by atoms with E-state index in [1.165, 1.54) is 0 Å². The van der Waals surface area contributed by atoms with Gasteiger partial charge in [-0.1, -0.05) is 24.8 Å². The summed E-state index contributed by atoms with van der Waals surface area (Å²) in [6.45, 7) is 14.2. The third-order valence-corrected chi connectivity index (χ3v) is 8.29. The van der Waals surface area contributed by atoms with Crippen LogP contribution in [0.3, 0.4) is 0 Å². The number of hydrogen-bond donors (Lipinski definition) is 0. The van der Waals surface area contributed by atoms with Crippen LogP contribution in [0.1, 0.15) is 50.8 Å². The van der Waals surface area contributed by atoms with Gasteiger partial charge >= 0.3 is 26.7 Å². The van der Waals surface area contributed by atoms with Gasteiger partial charge in [-0.15, -0.1) is 0 Å². The number of benzene rings is 1. The number of carbonyl (C=O) groups is 3. The summed E-state index contributed by atoms with van der Waals surface area (Å²) < 4.78 is 32.9. The maximum Gasteiger partial charge on any atom is 0.501 e. The molecule has 36 heavy (non-hydrogen) atoms. The summed E-state index contributed by atoms with van der Waals surface area (Å²) in [5.41, 5.74) is 2.65. The molecule has 0 saturated heterocycles. The number of rotatable bonds is 18. The lowest BCUT2D eigenvalue weighted by atomic mass is 9.98. The summed E-state index contributed by atoms with van der Waals surface area (Å²) in [5, 5.41) is 0. The summed E-state index contributed by atoms with van der Waals surface area (Å²) in [6.07, 6.45) is 0.711. The zero-order valence-corrected chi connectivity index (χ0v) is 23.2. The van der Waals surface area contributed by atoms with E-state index in [2.05, 4.69) is 6.58 Å². The minimum absolute atomic E-state index is 0.0361. The fourth-order valence-corrected chi connectivity index (χ4v) is 6.00. The SMILES string of the molecule is C=C(C)C(=O)OCCOC(=O)Cc1cccc(CC(=O)OCCC[Si](OCC)(OCC)OCC)c1C. The van der Waals surface area contributed by atoms with Crippen LogP contribution in [-0.4, -0.2) is 66.4 Å². The molecular weight excluding hydrogens is 484 g/mol. The highest BCUT2D eigenvalue weighted by molar-refractivity contribution is 6.60. The number of ether oxygens (including phenoxy) is 3. The summed E-state index contributed by atoms with van der Waals surface area (Å²) in [5.74, 6) is -1.33. The number of hydrogen-bond acceptors (Lipinski definition) is 9. The Labute approximate surface area is 215 Å². The first-order valence-electron chi connectivity index (χ1n) is 12.3. The molecule has 0 bridgehead atoms. The predicted molar refractivity (Wildman–Crippen MR) is 136 cm³/mol. The van der Waals surface area contributed by atoms with Crippen molar-refractivity contribution in [3.63, 3.8) is 0 Å². The highest BCUT2D eigenvalue weighted by Gasteiger charge is 2.39. The fourth-order valence-electron chi connectivity index (χ4n) is 3.42. The second kappa shape index (κ2) is 17.0. The maximum absolute atomic E-state index is 12.4. The lowest BCUT2D eigenvalue weighted by Crippen LogP contribution is -2.46. The molecule has 0 aliphatic heterocycles. The minimum Gasteiger partial charge on any atom is -0.465 e. The molecule has 0 fully saturated rings. The Morgan fingerprint density at radius 3 is 1.75 bits per heavy atom. The van der Waals surface area contributed by atoms with E-state index in [0.717, 1.165) is 16.7 Å². The van der Waals surface area contributed by atoms with Gasteiger partial charge in [0.1, 0.15) is 13.2 Å². The molecule has 10 heteroatoms. The van der Waals surface area contributed by atoms with Crippen LogP contribution >= 0.6 is 0 Å². The summed E-state index contributed by atoms with van der Waals surface area (Å²) in [4.78, 5) is 35.9. The Balaban J connectivity index is 2.53. The van der Waals surface area contributed by atoms with Crippen molar-refractivity contribution in [2.75, 3.05) is 39.6 Å². The molecule has 202 valence electrons. The van der Waals surface area contributed by atoms with Gasteiger partial charge in [0, 0.05) is 31.4 Å². The lowest BCUT2D eigenvalue weighted by Gasteiger charge is -2.28. The highest BCUT2D eigenvalue weighted by atomic mass is 28.4. The average molecular weight is 525 g/mol. The van der Waals surface area contributed by atoms with Crippen molar-refractivity contribution in [3.8, 4) is 0 Å². The molecule has 0 aliphatic carbocycles. The van der Waals surface area contributed by atoms with Gasteiger partial charge in [0.2, 0.25) is 0 Å². The molecule has 0 spiro atoms. The number of carbonyl (C=O) groups excluding carboxylic acids is 3. The molecule has 0 aliphatic rings. The largest absolute Gasteiger partial charge is 0.501 e. The van der Waals surface area contributed by atoms with Crippen molar-refractivity contribution in [1.29, 1.82) is 0 Å². The van der Waals surface area contributed by atoms with E-state index in [9.17, 15) is 14.4 Å². The van der Waals surface area contributed by atoms with Gasteiger partial charge in [-0.3, -0.25) is 9.59 Å². The normalized spacial score (nSPS) is 11.1. The molecule has 0 amide bonds. The molecular formula is C26H40O9Si. The van der Waals surface area contributed by atoms with E-state index >= 15 is 0 Å². The van der Waals surface area contributed by atoms with Crippen LogP contribution in [0, 0.1) is 6.92 Å². The van der Waals surface area contributed by atoms with Gasteiger partial charge in [0.05, 0.1) is 19.4 Å². The van der Waals surface area contributed by atoms with E-state index in [0.29, 0.717) is 32.3 Å². The molecule has 0 heterocycles. The van der Waals surface area contributed by atoms with Crippen molar-refractivity contribution in [1.82, 2.24) is 0 Å². The first-order valence-corrected chi connectivity index (χ1v) is 14.2. The second-order valence-corrected chi connectivity index (χ2v) is 10.7. The van der Waals surface area contributed by atoms with Crippen LogP contribution in [0.4, 0.5) is 0 Å². The van der Waals surface area contributed by atoms with Crippen molar-refractivity contribution in [2.45, 2.75) is 59.9 Å². The van der Waals surface area contributed by atoms with Gasteiger partial charge in [-0.05, 0) is 57.7 Å². The molecule has 0 atom stereocenters. The van der Waals surface area contributed by atoms with Gasteiger partial charge < -0.3 is 27.5 Å². The predicted octanol–water partition coefficient (Wildman–Crippen LogP) is 3.72. The summed E-state index contributed by atoms with van der Waals surface area (Å²) >= 11 is 0. The van der Waals surface area contributed by atoms with Crippen molar-refractivity contribution < 1.29 is 41.9 Å². The van der Waals surface area contributed by atoms with E-state index < -0.39 is 20.7 Å². The van der Waals surface area contributed by atoms with Crippen molar-refractivity contribution >= 4 is 26.7 Å². The van der Waals surface area contributed by atoms with Crippen LogP contribution in [0.25, 0.3) is 0 Å². The van der Waals surface area contributed by atoms with Crippen LogP contribution < -0.4 is 0 Å². The molecule has 0 saturated carbocycles. The Bertz CT molecular complexity index is 852. The van der Waals surface area contributed by atoms with E-state index in [-0.39, 0.29) is 44.2 Å². The van der Waals surface area contributed by atoms with Gasteiger partial charge in [0.25, 0.3) is 0 Å². The smallest absolute Gasteiger partial charge is 0.465 e. The first-order chi connectivity index (χ1) is 17.2. The minimum atomic E-state index is -2.76. The van der Waals surface area contributed by atoms with Crippen molar-refractivity contribution in [2.24, 2.45) is 0 Å². The van der Waals surface area contributed by atoms with Crippen LogP contribution in [0.2, 0.25) is 6.04 Å². The van der Waals surface area contributed by atoms with Crippen LogP contribution in [-0.2, 0) is 54.7 Å². The zero-order valence-electron chi connectivity index (χ0n) is 22.2. The first kappa shape index (κ1) is 31.5. The van der Waals surface area contributed by atoms with E-state index in [1.807, 2.05) is 39.8 Å². The highest BCUT2D eigenvalue weighted by Crippen LogP contribution is 2.19. The Kier molecular flexibility index (Phi) is 14.9. The Morgan fingerprint density at radius 1 is 0.806 bits per heavy atom.